The van der Waals surface area contributed by atoms with Gasteiger partial charge < -0.3 is 14.2 Å². The van der Waals surface area contributed by atoms with Crippen LogP contribution in [0.25, 0.3) is 6.08 Å². The number of hydrogen-bond acceptors (Lipinski definition) is 8. The van der Waals surface area contributed by atoms with E-state index >= 15 is 0 Å². The van der Waals surface area contributed by atoms with Crippen LogP contribution in [0, 0.1) is 0 Å². The Bertz CT molecular complexity index is 1370. The first kappa shape index (κ1) is 18.8. The predicted octanol–water partition coefficient (Wildman–Crippen LogP) is 2.20. The smallest absolute Gasteiger partial charge is 0.338 e. The summed E-state index contributed by atoms with van der Waals surface area (Å²) in [6.07, 6.45) is 1.80. The lowest BCUT2D eigenvalue weighted by Crippen LogP contribution is -2.39. The molecule has 0 saturated carbocycles. The molecule has 3 aromatic rings. The normalized spacial score (nSPS) is 17.7. The fourth-order valence-corrected chi connectivity index (χ4v) is 5.43. The van der Waals surface area contributed by atoms with E-state index in [9.17, 15) is 9.59 Å². The van der Waals surface area contributed by atoms with Gasteiger partial charge in [0.2, 0.25) is 6.79 Å². The first-order chi connectivity index (χ1) is 14.6. The molecule has 7 nitrogen and oxygen atoms in total. The molecule has 0 N–H and O–H groups in total. The average Bonchev–Trinajstić information content (AvgIpc) is 3.48. The fraction of sp³-hybridized carbons (Fsp3) is 0.190. The largest absolute Gasteiger partial charge is 0.466 e. The Morgan fingerprint density at radius 3 is 2.90 bits per heavy atom. The van der Waals surface area contributed by atoms with Crippen molar-refractivity contribution in [2.24, 2.45) is 4.99 Å². The first-order valence-electron chi connectivity index (χ1n) is 9.10. The van der Waals surface area contributed by atoms with Gasteiger partial charge in [-0.15, -0.1) is 11.3 Å². The third-order valence-electron chi connectivity index (χ3n) is 4.93. The number of carbonyl (C=O) groups is 1. The lowest BCUT2D eigenvalue weighted by atomic mass is 10.0. The van der Waals surface area contributed by atoms with E-state index in [1.807, 2.05) is 35.7 Å². The summed E-state index contributed by atoms with van der Waals surface area (Å²) < 4.78 is 17.9. The number of hydrogen-bond donors (Lipinski definition) is 0. The molecule has 0 spiro atoms. The molecule has 30 heavy (non-hydrogen) atoms. The van der Waals surface area contributed by atoms with Crippen LogP contribution < -0.4 is 24.4 Å². The van der Waals surface area contributed by atoms with Crippen LogP contribution in [-0.2, 0) is 9.53 Å². The van der Waals surface area contributed by atoms with E-state index in [-0.39, 0.29) is 12.4 Å². The van der Waals surface area contributed by atoms with E-state index in [2.05, 4.69) is 4.99 Å². The van der Waals surface area contributed by atoms with Crippen molar-refractivity contribution in [1.82, 2.24) is 4.57 Å². The first-order valence-corrected chi connectivity index (χ1v) is 10.8. The van der Waals surface area contributed by atoms with E-state index in [1.54, 1.807) is 17.6 Å². The third-order valence-corrected chi connectivity index (χ3v) is 6.84. The summed E-state index contributed by atoms with van der Waals surface area (Å²) in [5.41, 5.74) is 1.54. The Kier molecular flexibility index (Phi) is 4.56. The van der Waals surface area contributed by atoms with E-state index in [0.717, 1.165) is 10.4 Å². The Morgan fingerprint density at radius 1 is 1.30 bits per heavy atom. The minimum atomic E-state index is -0.562. The van der Waals surface area contributed by atoms with E-state index < -0.39 is 12.0 Å². The van der Waals surface area contributed by atoms with Crippen LogP contribution in [0.1, 0.15) is 23.4 Å². The van der Waals surface area contributed by atoms with Gasteiger partial charge in [0.25, 0.3) is 5.56 Å². The van der Waals surface area contributed by atoms with Gasteiger partial charge in [-0.1, -0.05) is 23.5 Å². The van der Waals surface area contributed by atoms with Crippen LogP contribution in [0.5, 0.6) is 11.5 Å². The monoisotopic (exact) mass is 440 g/mol. The maximum atomic E-state index is 13.4. The second kappa shape index (κ2) is 7.26. The van der Waals surface area contributed by atoms with Crippen molar-refractivity contribution in [3.63, 3.8) is 0 Å². The minimum absolute atomic E-state index is 0.192. The Morgan fingerprint density at radius 2 is 2.13 bits per heavy atom. The number of benzene rings is 1. The molecule has 4 heterocycles. The zero-order valence-electron chi connectivity index (χ0n) is 16.1. The quantitative estimate of drug-likeness (QED) is 0.584. The van der Waals surface area contributed by atoms with Crippen LogP contribution in [-0.4, -0.2) is 24.4 Å². The highest BCUT2D eigenvalue weighted by Crippen LogP contribution is 2.34. The topological polar surface area (TPSA) is 79.1 Å². The van der Waals surface area contributed by atoms with Gasteiger partial charge in [0, 0.05) is 4.88 Å². The molecule has 2 aliphatic heterocycles. The van der Waals surface area contributed by atoms with Gasteiger partial charge in [0.05, 0.1) is 22.9 Å². The van der Waals surface area contributed by atoms with Gasteiger partial charge >= 0.3 is 5.97 Å². The molecule has 0 saturated heterocycles. The summed E-state index contributed by atoms with van der Waals surface area (Å²) in [5, 5.41) is 1.92. The van der Waals surface area contributed by atoms with Crippen molar-refractivity contribution in [2.45, 2.75) is 13.0 Å². The van der Waals surface area contributed by atoms with Crippen molar-refractivity contribution in [1.29, 1.82) is 0 Å². The maximum absolute atomic E-state index is 13.4. The van der Waals surface area contributed by atoms with Crippen molar-refractivity contribution >= 4 is 34.7 Å². The summed E-state index contributed by atoms with van der Waals surface area (Å²) in [4.78, 5) is 31.9. The molecule has 0 amide bonds. The molecule has 1 atom stereocenters. The van der Waals surface area contributed by atoms with Gasteiger partial charge in [-0.25, -0.2) is 9.79 Å². The predicted molar refractivity (Wildman–Crippen MR) is 113 cm³/mol. The lowest BCUT2D eigenvalue weighted by molar-refractivity contribution is -0.136. The number of thiazole rings is 1. The molecule has 0 radical (unpaired) electrons. The van der Waals surface area contributed by atoms with Crippen LogP contribution >= 0.6 is 22.7 Å². The number of nitrogens with zero attached hydrogens (tertiary/aromatic N) is 2. The second-order valence-electron chi connectivity index (χ2n) is 6.70. The van der Waals surface area contributed by atoms with Gasteiger partial charge in [0.1, 0.15) is 6.04 Å². The Labute approximate surface area is 178 Å². The number of carbonyl (C=O) groups excluding carboxylic acids is 1. The lowest BCUT2D eigenvalue weighted by Gasteiger charge is -2.22. The zero-order chi connectivity index (χ0) is 20.8. The highest BCUT2D eigenvalue weighted by molar-refractivity contribution is 7.10. The van der Waals surface area contributed by atoms with Gasteiger partial charge in [-0.05, 0) is 42.1 Å². The summed E-state index contributed by atoms with van der Waals surface area (Å²) in [6.45, 7) is 1.96. The van der Waals surface area contributed by atoms with Crippen molar-refractivity contribution in [3.8, 4) is 11.5 Å². The number of fused-ring (bicyclic) bond motifs is 2. The maximum Gasteiger partial charge on any atom is 0.338 e. The molecule has 2 aromatic heterocycles. The van der Waals surface area contributed by atoms with Gasteiger partial charge in [0.15, 0.2) is 16.3 Å². The molecule has 5 rings (SSSR count). The number of esters is 1. The molecule has 0 unspecified atom stereocenters. The zero-order valence-corrected chi connectivity index (χ0v) is 17.7. The molecule has 1 aromatic carbocycles. The number of ether oxygens (including phenoxy) is 3. The highest BCUT2D eigenvalue weighted by atomic mass is 32.1. The van der Waals surface area contributed by atoms with E-state index in [1.165, 1.54) is 29.8 Å². The molecular weight excluding hydrogens is 424 g/mol. The van der Waals surface area contributed by atoms with Crippen molar-refractivity contribution in [3.05, 3.63) is 77.1 Å². The van der Waals surface area contributed by atoms with Crippen LogP contribution in [0.4, 0.5) is 0 Å². The summed E-state index contributed by atoms with van der Waals surface area (Å²) >= 11 is 2.77. The number of rotatable bonds is 3. The summed E-state index contributed by atoms with van der Waals surface area (Å²) in [5.74, 6) is 0.848. The van der Waals surface area contributed by atoms with E-state index in [0.29, 0.717) is 32.1 Å². The van der Waals surface area contributed by atoms with E-state index in [4.69, 9.17) is 14.2 Å². The summed E-state index contributed by atoms with van der Waals surface area (Å²) in [6, 6.07) is 8.76. The molecule has 0 aliphatic carbocycles. The van der Waals surface area contributed by atoms with Gasteiger partial charge in [-0.2, -0.15) is 0 Å². The van der Waals surface area contributed by atoms with Crippen molar-refractivity contribution < 1.29 is 19.0 Å². The SMILES string of the molecule is COC(=O)C1=C(C)N=c2s/c(=C\c3ccc4c(c3)OCO4)c(=O)n2[C@H]1c1cccs1. The molecule has 9 heteroatoms. The summed E-state index contributed by atoms with van der Waals surface area (Å²) in [7, 11) is 1.33. The molecule has 152 valence electrons. The Hall–Kier alpha value is -3.17. The second-order valence-corrected chi connectivity index (χ2v) is 8.69. The standard InChI is InChI=1S/C21H16N2O5S2/c1-11-17(20(25)26-2)18(15-4-3-7-29-15)23-19(24)16(30-21(23)22-11)9-12-5-6-13-14(8-12)28-10-27-13/h3-9,18H,10H2,1-2H3/b16-9-/t18-/m0/s1. The number of allylic oxidation sites excluding steroid dienone is 1. The molecular formula is C21H16N2O5S2. The van der Waals surface area contributed by atoms with Crippen LogP contribution in [0.15, 0.2) is 56.8 Å². The fourth-order valence-electron chi connectivity index (χ4n) is 3.56. The number of aromatic nitrogens is 1. The van der Waals surface area contributed by atoms with Crippen LogP contribution in [0.2, 0.25) is 0 Å². The molecule has 0 bridgehead atoms. The van der Waals surface area contributed by atoms with Gasteiger partial charge in [-0.3, -0.25) is 9.36 Å². The number of thiophene rings is 1. The van der Waals surface area contributed by atoms with Crippen LogP contribution in [0.3, 0.4) is 0 Å². The van der Waals surface area contributed by atoms with Crippen molar-refractivity contribution in [2.75, 3.05) is 13.9 Å². The average molecular weight is 441 g/mol. The minimum Gasteiger partial charge on any atom is -0.466 e. The highest BCUT2D eigenvalue weighted by Gasteiger charge is 2.33. The Balaban J connectivity index is 1.70. The molecule has 2 aliphatic rings. The molecule has 0 fully saturated rings. The number of methoxy groups -OCH3 is 1. The third kappa shape index (κ3) is 2.98.